The van der Waals surface area contributed by atoms with E-state index in [0.717, 1.165) is 34.4 Å². The van der Waals surface area contributed by atoms with Crippen molar-refractivity contribution < 1.29 is 92.4 Å². The average Bonchev–Trinajstić information content (AvgIpc) is 1.53. The number of aromatic hydroxyl groups is 1. The van der Waals surface area contributed by atoms with Gasteiger partial charge in [0, 0.05) is 33.4 Å². The molecular weight excluding hydrogens is 1300 g/mol. The summed E-state index contributed by atoms with van der Waals surface area (Å²) in [5, 5.41) is 45.6. The topological polar surface area (TPSA) is 493 Å². The third kappa shape index (κ3) is 13.9. The minimum Gasteiger partial charge on any atom is -0.494 e. The molecule has 0 saturated heterocycles. The Morgan fingerprint density at radius 3 is 1.89 bits per heavy atom. The SMILES string of the molecule is COc1cc(N=Nc2cc(OCCCS(=O)(=O)O)c(N=Nc3c(C)c(C#N)c4nc5cc(S(=O)(=O)O)c(Cl)cc5n4c3O)cc2C)c(SCCCS(=O)(=O)O)cc1N=Nc1nc2c(S(=O)(=O)O)cc3c(S(=O)(=O)O)cc(S(=O)(=O)O)cc3c2s1. The van der Waals surface area contributed by atoms with Gasteiger partial charge in [-0.25, -0.2) is 9.97 Å². The van der Waals surface area contributed by atoms with Crippen LogP contribution in [0.4, 0.5) is 33.6 Å². The number of hydrogen-bond acceptors (Lipinski definition) is 26. The molecule has 8 aromatic rings. The molecule has 8 rings (SSSR count). The zero-order valence-electron chi connectivity index (χ0n) is 42.4. The van der Waals surface area contributed by atoms with Gasteiger partial charge in [-0.3, -0.25) is 31.7 Å². The first kappa shape index (κ1) is 63.0. The minimum absolute atomic E-state index is 0.000950. The molecule has 0 aliphatic rings. The largest absolute Gasteiger partial charge is 0.494 e. The van der Waals surface area contributed by atoms with Gasteiger partial charge in [0.25, 0.3) is 60.7 Å². The number of ether oxygens (including phenoxy) is 2. The van der Waals surface area contributed by atoms with E-state index in [-0.39, 0.29) is 108 Å². The molecule has 0 bridgehead atoms. The van der Waals surface area contributed by atoms with Crippen LogP contribution in [0.15, 0.2) is 110 Å². The molecule has 0 aliphatic carbocycles. The molecule has 5 aromatic carbocycles. The molecule has 7 N–H and O–H groups in total. The Labute approximate surface area is 487 Å². The Kier molecular flexibility index (Phi) is 17.6. The first-order chi connectivity index (χ1) is 39.0. The van der Waals surface area contributed by atoms with Gasteiger partial charge >= 0.3 is 0 Å². The second-order valence-corrected chi connectivity index (χ2v) is 28.7. The molecule has 0 atom stereocenters. The van der Waals surface area contributed by atoms with E-state index < -0.39 is 119 Å². The van der Waals surface area contributed by atoms with Crippen LogP contribution < -0.4 is 9.47 Å². The number of thiazole rings is 1. The van der Waals surface area contributed by atoms with Gasteiger partial charge in [0.2, 0.25) is 11.0 Å². The second-order valence-electron chi connectivity index (χ2n) is 17.5. The van der Waals surface area contributed by atoms with E-state index in [1.54, 1.807) is 6.92 Å². The van der Waals surface area contributed by atoms with Crippen LogP contribution in [0.1, 0.15) is 29.5 Å². The zero-order chi connectivity index (χ0) is 61.8. The number of aromatic nitrogens is 3. The Hall–Kier alpha value is -7.01. The summed E-state index contributed by atoms with van der Waals surface area (Å²) < 4.78 is 215. The van der Waals surface area contributed by atoms with E-state index in [2.05, 4.69) is 40.7 Å². The van der Waals surface area contributed by atoms with Crippen LogP contribution >= 0.6 is 34.7 Å². The van der Waals surface area contributed by atoms with Crippen molar-refractivity contribution in [2.45, 2.75) is 51.2 Å². The summed E-state index contributed by atoms with van der Waals surface area (Å²) in [7, 11) is -28.2. The summed E-state index contributed by atoms with van der Waals surface area (Å²) in [6.07, 6.45) is -0.338. The quantitative estimate of drug-likeness (QED) is 0.0152. The van der Waals surface area contributed by atoms with Crippen LogP contribution in [-0.2, 0) is 60.7 Å². The van der Waals surface area contributed by atoms with Crippen molar-refractivity contribution >= 4 is 167 Å². The molecule has 0 saturated carbocycles. The number of thioether (sulfide) groups is 1. The second kappa shape index (κ2) is 23.5. The zero-order valence-corrected chi connectivity index (χ0v) is 49.7. The van der Waals surface area contributed by atoms with E-state index >= 15 is 0 Å². The van der Waals surface area contributed by atoms with Gasteiger partial charge < -0.3 is 14.6 Å². The number of pyridine rings is 1. The molecule has 0 aliphatic heterocycles. The Morgan fingerprint density at radius 1 is 0.667 bits per heavy atom. The fourth-order valence-electron chi connectivity index (χ4n) is 7.96. The molecule has 3 aromatic heterocycles. The van der Waals surface area contributed by atoms with Crippen LogP contribution in [0.25, 0.3) is 37.7 Å². The molecule has 0 amide bonds. The van der Waals surface area contributed by atoms with Crippen LogP contribution in [-0.4, -0.2) is 128 Å². The summed E-state index contributed by atoms with van der Waals surface area (Å²) in [6.45, 7) is 2.62. The summed E-state index contributed by atoms with van der Waals surface area (Å²) >= 11 is 7.68. The lowest BCUT2D eigenvalue weighted by Crippen LogP contribution is -2.08. The lowest BCUT2D eigenvalue weighted by Gasteiger charge is -2.12. The molecule has 31 nitrogen and oxygen atoms in total. The van der Waals surface area contributed by atoms with E-state index in [4.69, 9.17) is 21.1 Å². The molecular formula is C44H37ClN10O21S8. The van der Waals surface area contributed by atoms with Crippen molar-refractivity contribution in [3.05, 3.63) is 76.3 Å². The van der Waals surface area contributed by atoms with Crippen LogP contribution in [0.3, 0.4) is 0 Å². The number of azo groups is 3. The number of halogens is 1. The fraction of sp³-hybridized carbons (Fsp3) is 0.205. The highest BCUT2D eigenvalue weighted by Gasteiger charge is 2.29. The highest BCUT2D eigenvalue weighted by atomic mass is 35.5. The number of nitrogens with zero attached hydrogens (tertiary/aromatic N) is 10. The van der Waals surface area contributed by atoms with E-state index in [9.17, 15) is 88.2 Å². The number of aryl methyl sites for hydroxylation is 1. The average molecular weight is 1330 g/mol. The van der Waals surface area contributed by atoms with Crippen LogP contribution in [0.5, 0.6) is 17.4 Å². The number of imidazole rings is 1. The van der Waals surface area contributed by atoms with Crippen molar-refractivity contribution in [3.8, 4) is 23.4 Å². The molecule has 84 heavy (non-hydrogen) atoms. The van der Waals surface area contributed by atoms with Crippen molar-refractivity contribution in [2.24, 2.45) is 30.7 Å². The van der Waals surface area contributed by atoms with Crippen molar-refractivity contribution in [2.75, 3.05) is 31.0 Å². The first-order valence-corrected chi connectivity index (χ1v) is 34.0. The summed E-state index contributed by atoms with van der Waals surface area (Å²) in [6, 6.07) is 11.1. The normalized spacial score (nSPS) is 13.2. The highest BCUT2D eigenvalue weighted by Crippen LogP contribution is 2.46. The maximum absolute atomic E-state index is 12.6. The molecule has 0 fully saturated rings. The maximum Gasteiger partial charge on any atom is 0.296 e. The monoisotopic (exact) mass is 1330 g/mol. The van der Waals surface area contributed by atoms with E-state index in [1.165, 1.54) is 38.3 Å². The Morgan fingerprint density at radius 2 is 1.27 bits per heavy atom. The fourth-order valence-corrected chi connectivity index (χ4v) is 14.1. The van der Waals surface area contributed by atoms with Crippen molar-refractivity contribution in [1.82, 2.24) is 14.4 Å². The standard InChI is InChI=1S/C44H37ClN10O21S8/c1-20-10-29(50-53-39-21(2)25(19-46)42-47-28-18-37(83(69,70)71)26(45)14-32(28)55(42)43(39)56)34(76-6-4-8-79(57,58)59)15-27(20)49-52-31-16-33(75-3)30(17-35(31)77-7-5-9-80(60,61)62)51-54-44-48-40-38(84(72,73)74)13-23-24(41(40)78-44)11-22(81(63,64)65)12-36(23)82(66,67)68/h10-18,56H,4-9H2,1-3H3,(H,57,58,59)(H,60,61,62)(H,63,64,65)(H,66,67,68)(H,69,70,71)(H,72,73,74). The van der Waals surface area contributed by atoms with Gasteiger partial charge in [-0.2, -0.15) is 60.9 Å². The van der Waals surface area contributed by atoms with Crippen LogP contribution in [0, 0.1) is 25.2 Å². The minimum atomic E-state index is -5.33. The van der Waals surface area contributed by atoms with Gasteiger partial charge in [0.1, 0.15) is 60.4 Å². The molecule has 0 spiro atoms. The third-order valence-electron chi connectivity index (χ3n) is 11.7. The number of nitriles is 1. The summed E-state index contributed by atoms with van der Waals surface area (Å²) in [5.41, 5.74) is -0.920. The molecule has 3 heterocycles. The van der Waals surface area contributed by atoms with E-state index in [0.29, 0.717) is 29.0 Å². The Balaban J connectivity index is 1.21. The van der Waals surface area contributed by atoms with Crippen LogP contribution in [0.2, 0.25) is 5.02 Å². The number of hydrogen-bond donors (Lipinski definition) is 7. The summed E-state index contributed by atoms with van der Waals surface area (Å²) in [4.78, 5) is 4.75. The lowest BCUT2D eigenvalue weighted by atomic mass is 10.1. The van der Waals surface area contributed by atoms with Gasteiger partial charge in [0.05, 0.1) is 56.6 Å². The van der Waals surface area contributed by atoms with E-state index in [1.807, 2.05) is 6.07 Å². The molecule has 40 heteroatoms. The molecule has 0 unspecified atom stereocenters. The predicted molar refractivity (Wildman–Crippen MR) is 300 cm³/mol. The summed E-state index contributed by atoms with van der Waals surface area (Å²) in [5.74, 6) is -2.18. The smallest absolute Gasteiger partial charge is 0.296 e. The van der Waals surface area contributed by atoms with Crippen molar-refractivity contribution in [1.29, 1.82) is 5.26 Å². The van der Waals surface area contributed by atoms with Crippen molar-refractivity contribution in [3.63, 3.8) is 0 Å². The number of fused-ring (bicyclic) bond motifs is 6. The molecule has 444 valence electrons. The molecule has 0 radical (unpaired) electrons. The van der Waals surface area contributed by atoms with Gasteiger partial charge in [-0.05, 0) is 80.5 Å². The number of rotatable bonds is 21. The van der Waals surface area contributed by atoms with Gasteiger partial charge in [0.15, 0.2) is 11.3 Å². The lowest BCUT2D eigenvalue weighted by molar-refractivity contribution is 0.317. The highest BCUT2D eigenvalue weighted by molar-refractivity contribution is 7.99. The first-order valence-electron chi connectivity index (χ1n) is 22.8. The van der Waals surface area contributed by atoms with Gasteiger partial charge in [-0.1, -0.05) is 22.9 Å². The third-order valence-corrected chi connectivity index (χ3v) is 19.3. The number of methoxy groups -OCH3 is 1. The van der Waals surface area contributed by atoms with Gasteiger partial charge in [-0.15, -0.1) is 37.3 Å². The number of benzene rings is 5. The predicted octanol–water partition coefficient (Wildman–Crippen LogP) is 9.37. The Bertz CT molecular complexity index is 4970. The maximum atomic E-state index is 12.6.